The summed E-state index contributed by atoms with van der Waals surface area (Å²) in [4.78, 5) is 3.68. The molecule has 0 aliphatic heterocycles. The van der Waals surface area contributed by atoms with Crippen LogP contribution in [0, 0.1) is 3.57 Å². The van der Waals surface area contributed by atoms with Gasteiger partial charge < -0.3 is 4.98 Å². The summed E-state index contributed by atoms with van der Waals surface area (Å²) in [6, 6.07) is 13.5. The highest BCUT2D eigenvalue weighted by Crippen LogP contribution is 2.29. The van der Waals surface area contributed by atoms with Gasteiger partial charge in [0.25, 0.3) is 0 Å². The van der Waals surface area contributed by atoms with Crippen molar-refractivity contribution in [3.05, 3.63) is 45.5 Å². The number of benzene rings is 2. The number of aromatic amines is 1. The van der Waals surface area contributed by atoms with Crippen molar-refractivity contribution < 1.29 is 0 Å². The molecular formula is C30H44IN. The molecule has 0 unspecified atom stereocenters. The molecule has 2 aromatic carbocycles. The van der Waals surface area contributed by atoms with Gasteiger partial charge in [0, 0.05) is 25.4 Å². The molecule has 1 heterocycles. The van der Waals surface area contributed by atoms with E-state index in [1.165, 1.54) is 140 Å². The van der Waals surface area contributed by atoms with E-state index in [2.05, 4.69) is 70.9 Å². The first-order chi connectivity index (χ1) is 15.8. The molecule has 32 heavy (non-hydrogen) atoms. The third kappa shape index (κ3) is 8.39. The van der Waals surface area contributed by atoms with Crippen molar-refractivity contribution in [1.82, 2.24) is 4.98 Å². The Kier molecular flexibility index (Phi) is 12.0. The van der Waals surface area contributed by atoms with Crippen molar-refractivity contribution in [2.24, 2.45) is 0 Å². The van der Waals surface area contributed by atoms with Crippen molar-refractivity contribution in [3.63, 3.8) is 0 Å². The summed E-state index contributed by atoms with van der Waals surface area (Å²) >= 11 is 2.41. The number of hydrogen-bond donors (Lipinski definition) is 1. The lowest BCUT2D eigenvalue weighted by molar-refractivity contribution is 0.529. The molecule has 1 aromatic heterocycles. The molecule has 0 aliphatic rings. The first kappa shape index (κ1) is 25.6. The molecule has 1 N–H and O–H groups in total. The van der Waals surface area contributed by atoms with E-state index in [0.717, 1.165) is 0 Å². The lowest BCUT2D eigenvalue weighted by Crippen LogP contribution is -1.88. The maximum absolute atomic E-state index is 3.68. The van der Waals surface area contributed by atoms with Crippen LogP contribution in [0.2, 0.25) is 0 Å². The van der Waals surface area contributed by atoms with E-state index in [1.54, 1.807) is 0 Å². The lowest BCUT2D eigenvalue weighted by atomic mass is 10.0. The van der Waals surface area contributed by atoms with Gasteiger partial charge in [-0.2, -0.15) is 0 Å². The van der Waals surface area contributed by atoms with E-state index in [4.69, 9.17) is 0 Å². The van der Waals surface area contributed by atoms with E-state index in [-0.39, 0.29) is 0 Å². The fourth-order valence-corrected chi connectivity index (χ4v) is 5.52. The standard InChI is InChI=1S/C30H44IN/c1-2-3-4-5-6-7-8-9-10-11-12-13-14-15-16-17-19-25-20-18-21-27-28-24-26(31)22-23-29(28)32-30(25)27/h18,20-24,32H,2-17,19H2,1H3. The smallest absolute Gasteiger partial charge is 0.0497 e. The molecule has 1 nitrogen and oxygen atoms in total. The SMILES string of the molecule is CCCCCCCCCCCCCCCCCCc1cccc2c1[nH]c1ccc(I)cc12. The number of hydrogen-bond acceptors (Lipinski definition) is 0. The Morgan fingerprint density at radius 2 is 1.19 bits per heavy atom. The van der Waals surface area contributed by atoms with Crippen LogP contribution >= 0.6 is 22.6 Å². The lowest BCUT2D eigenvalue weighted by Gasteiger charge is -2.05. The van der Waals surface area contributed by atoms with Crippen LogP contribution in [-0.4, -0.2) is 4.98 Å². The van der Waals surface area contributed by atoms with Gasteiger partial charge in [-0.1, -0.05) is 121 Å². The van der Waals surface area contributed by atoms with E-state index < -0.39 is 0 Å². The van der Waals surface area contributed by atoms with Crippen LogP contribution in [0.1, 0.15) is 115 Å². The van der Waals surface area contributed by atoms with Gasteiger partial charge in [-0.3, -0.25) is 0 Å². The van der Waals surface area contributed by atoms with Gasteiger partial charge >= 0.3 is 0 Å². The number of para-hydroxylation sites is 1. The Morgan fingerprint density at radius 1 is 0.625 bits per heavy atom. The van der Waals surface area contributed by atoms with Crippen LogP contribution in [0.5, 0.6) is 0 Å². The molecule has 176 valence electrons. The maximum atomic E-state index is 3.68. The van der Waals surface area contributed by atoms with E-state index in [1.807, 2.05) is 0 Å². The minimum Gasteiger partial charge on any atom is -0.354 e. The Morgan fingerprint density at radius 3 is 1.78 bits per heavy atom. The summed E-state index contributed by atoms with van der Waals surface area (Å²) in [5, 5.41) is 2.74. The molecule has 0 radical (unpaired) electrons. The summed E-state index contributed by atoms with van der Waals surface area (Å²) in [5.74, 6) is 0. The predicted octanol–water partition coefficient (Wildman–Crippen LogP) is 10.7. The zero-order chi connectivity index (χ0) is 22.4. The van der Waals surface area contributed by atoms with Crippen LogP contribution in [0.25, 0.3) is 21.8 Å². The van der Waals surface area contributed by atoms with Gasteiger partial charge in [0.1, 0.15) is 0 Å². The highest BCUT2D eigenvalue weighted by atomic mass is 127. The molecule has 3 rings (SSSR count). The molecule has 2 heteroatoms. The number of rotatable bonds is 17. The number of unbranched alkanes of at least 4 members (excludes halogenated alkanes) is 15. The van der Waals surface area contributed by atoms with E-state index >= 15 is 0 Å². The molecule has 0 fully saturated rings. The Labute approximate surface area is 210 Å². The first-order valence-corrected chi connectivity index (χ1v) is 14.6. The van der Waals surface area contributed by atoms with Crippen molar-refractivity contribution in [2.45, 2.75) is 116 Å². The normalized spacial score (nSPS) is 11.7. The number of halogens is 1. The zero-order valence-electron chi connectivity index (χ0n) is 20.4. The minimum atomic E-state index is 1.19. The van der Waals surface area contributed by atoms with Crippen LogP contribution in [0.4, 0.5) is 0 Å². The van der Waals surface area contributed by atoms with Gasteiger partial charge in [-0.05, 0) is 59.2 Å². The van der Waals surface area contributed by atoms with Crippen molar-refractivity contribution in [3.8, 4) is 0 Å². The first-order valence-electron chi connectivity index (χ1n) is 13.5. The number of H-pyrrole nitrogens is 1. The average Bonchev–Trinajstić information content (AvgIpc) is 3.17. The third-order valence-electron chi connectivity index (χ3n) is 6.98. The van der Waals surface area contributed by atoms with Crippen LogP contribution in [0.3, 0.4) is 0 Å². The Bertz CT molecular complexity index is 910. The fraction of sp³-hybridized carbons (Fsp3) is 0.600. The monoisotopic (exact) mass is 545 g/mol. The summed E-state index contributed by atoms with van der Waals surface area (Å²) in [7, 11) is 0. The topological polar surface area (TPSA) is 15.8 Å². The molecule has 3 aromatic rings. The van der Waals surface area contributed by atoms with Crippen molar-refractivity contribution in [1.29, 1.82) is 0 Å². The fourth-order valence-electron chi connectivity index (χ4n) is 5.03. The second-order valence-corrected chi connectivity index (χ2v) is 11.0. The van der Waals surface area contributed by atoms with Gasteiger partial charge in [0.05, 0.1) is 0 Å². The van der Waals surface area contributed by atoms with Gasteiger partial charge in [-0.25, -0.2) is 0 Å². The highest BCUT2D eigenvalue weighted by molar-refractivity contribution is 14.1. The largest absolute Gasteiger partial charge is 0.354 e. The minimum absolute atomic E-state index is 1.19. The van der Waals surface area contributed by atoms with Crippen molar-refractivity contribution in [2.75, 3.05) is 0 Å². The van der Waals surface area contributed by atoms with E-state index in [0.29, 0.717) is 0 Å². The van der Waals surface area contributed by atoms with Crippen LogP contribution in [-0.2, 0) is 6.42 Å². The number of aromatic nitrogens is 1. The zero-order valence-corrected chi connectivity index (χ0v) is 22.5. The predicted molar refractivity (Wildman–Crippen MR) is 152 cm³/mol. The van der Waals surface area contributed by atoms with Crippen LogP contribution in [0.15, 0.2) is 36.4 Å². The Hall–Kier alpha value is -1.03. The van der Waals surface area contributed by atoms with Crippen LogP contribution < -0.4 is 0 Å². The van der Waals surface area contributed by atoms with E-state index in [9.17, 15) is 0 Å². The summed E-state index contributed by atoms with van der Waals surface area (Å²) < 4.78 is 1.30. The second kappa shape index (κ2) is 15.0. The molecule has 0 spiro atoms. The number of fused-ring (bicyclic) bond motifs is 3. The van der Waals surface area contributed by atoms with Gasteiger partial charge in [-0.15, -0.1) is 0 Å². The number of aryl methyl sites for hydroxylation is 1. The second-order valence-electron chi connectivity index (χ2n) is 9.71. The summed E-state index contributed by atoms with van der Waals surface area (Å²) in [6.07, 6.45) is 24.1. The molecular weight excluding hydrogens is 501 g/mol. The summed E-state index contributed by atoms with van der Waals surface area (Å²) in [5.41, 5.74) is 4.10. The average molecular weight is 546 g/mol. The Balaban J connectivity index is 1.22. The summed E-state index contributed by atoms with van der Waals surface area (Å²) in [6.45, 7) is 2.30. The van der Waals surface area contributed by atoms with Crippen molar-refractivity contribution >= 4 is 44.4 Å². The van der Waals surface area contributed by atoms with Gasteiger partial charge in [0.15, 0.2) is 0 Å². The maximum Gasteiger partial charge on any atom is 0.0497 e. The molecule has 0 atom stereocenters. The highest BCUT2D eigenvalue weighted by Gasteiger charge is 2.08. The molecule has 0 bridgehead atoms. The molecule has 0 saturated heterocycles. The quantitative estimate of drug-likeness (QED) is 0.128. The third-order valence-corrected chi connectivity index (χ3v) is 7.65. The number of nitrogens with one attached hydrogen (secondary N) is 1. The molecule has 0 aliphatic carbocycles. The molecule has 0 saturated carbocycles. The molecule has 0 amide bonds. The van der Waals surface area contributed by atoms with Gasteiger partial charge in [0.2, 0.25) is 0 Å².